The maximum Gasteiger partial charge on any atom is 0.130 e. The molecule has 3 nitrogen and oxygen atoms in total. The first kappa shape index (κ1) is 15.8. The molecule has 3 aromatic carbocycles. The van der Waals surface area contributed by atoms with Crippen LogP contribution in [0.5, 0.6) is 17.2 Å². The van der Waals surface area contributed by atoms with Crippen molar-refractivity contribution < 1.29 is 14.9 Å². The van der Waals surface area contributed by atoms with Gasteiger partial charge in [-0.3, -0.25) is 0 Å². The molecule has 1 atom stereocenters. The summed E-state index contributed by atoms with van der Waals surface area (Å²) < 4.78 is 6.32. The van der Waals surface area contributed by atoms with Crippen molar-refractivity contribution in [1.29, 1.82) is 0 Å². The van der Waals surface area contributed by atoms with Gasteiger partial charge in [0.05, 0.1) is 0 Å². The molecule has 0 bridgehead atoms. The fourth-order valence-corrected chi connectivity index (χ4v) is 3.86. The van der Waals surface area contributed by atoms with Crippen LogP contribution in [0.15, 0.2) is 48.5 Å². The number of aryl methyl sites for hydroxylation is 1. The van der Waals surface area contributed by atoms with E-state index in [1.54, 1.807) is 0 Å². The molecule has 1 aliphatic rings. The highest BCUT2D eigenvalue weighted by atomic mass is 16.5. The number of hydrogen-bond acceptors (Lipinski definition) is 3. The first-order valence-electron chi connectivity index (χ1n) is 8.90. The molecule has 0 radical (unpaired) electrons. The Balaban J connectivity index is 1.84. The molecular formula is C22H22O3. The lowest BCUT2D eigenvalue weighted by atomic mass is 9.85. The zero-order valence-corrected chi connectivity index (χ0v) is 14.3. The standard InChI is InChI=1S/C22H22O3/c1-2-14-8-3-6-12-18(14)25-19-13-7-11-17-20(19)22(24)16-10-5-4-9-15(16)21(17)23/h3-6,8-10,12,19,23-24H,2,7,11,13H2,1H3. The summed E-state index contributed by atoms with van der Waals surface area (Å²) in [5.74, 6) is 1.37. The average molecular weight is 334 g/mol. The van der Waals surface area contributed by atoms with Gasteiger partial charge >= 0.3 is 0 Å². The van der Waals surface area contributed by atoms with Gasteiger partial charge in [0, 0.05) is 21.9 Å². The highest BCUT2D eigenvalue weighted by Crippen LogP contribution is 2.47. The Hall–Kier alpha value is -2.68. The molecule has 1 aliphatic carbocycles. The number of aromatic hydroxyl groups is 2. The van der Waals surface area contributed by atoms with Crippen molar-refractivity contribution in [3.05, 3.63) is 65.2 Å². The monoisotopic (exact) mass is 334 g/mol. The topological polar surface area (TPSA) is 49.7 Å². The fourth-order valence-electron chi connectivity index (χ4n) is 3.86. The molecule has 128 valence electrons. The lowest BCUT2D eigenvalue weighted by Crippen LogP contribution is -2.16. The number of fused-ring (bicyclic) bond motifs is 2. The van der Waals surface area contributed by atoms with Gasteiger partial charge in [-0.2, -0.15) is 0 Å². The van der Waals surface area contributed by atoms with Crippen LogP contribution in [0.3, 0.4) is 0 Å². The SMILES string of the molecule is CCc1ccccc1OC1CCCc2c1c(O)c1ccccc1c2O. The minimum Gasteiger partial charge on any atom is -0.507 e. The number of phenols is 2. The van der Waals surface area contributed by atoms with Crippen molar-refractivity contribution in [2.24, 2.45) is 0 Å². The van der Waals surface area contributed by atoms with Crippen LogP contribution in [0.4, 0.5) is 0 Å². The van der Waals surface area contributed by atoms with E-state index in [0.29, 0.717) is 10.8 Å². The third-order valence-corrected chi connectivity index (χ3v) is 5.14. The van der Waals surface area contributed by atoms with Crippen LogP contribution in [0.25, 0.3) is 10.8 Å². The van der Waals surface area contributed by atoms with Gasteiger partial charge in [0.25, 0.3) is 0 Å². The van der Waals surface area contributed by atoms with Crippen molar-refractivity contribution >= 4 is 10.8 Å². The molecule has 25 heavy (non-hydrogen) atoms. The zero-order valence-electron chi connectivity index (χ0n) is 14.3. The van der Waals surface area contributed by atoms with E-state index < -0.39 is 0 Å². The van der Waals surface area contributed by atoms with E-state index in [1.807, 2.05) is 42.5 Å². The summed E-state index contributed by atoms with van der Waals surface area (Å²) in [6, 6.07) is 15.5. The van der Waals surface area contributed by atoms with E-state index in [2.05, 4.69) is 13.0 Å². The van der Waals surface area contributed by atoms with Crippen LogP contribution in [0, 0.1) is 0 Å². The molecule has 3 heteroatoms. The molecule has 4 rings (SSSR count). The van der Waals surface area contributed by atoms with Gasteiger partial charge in [-0.05, 0) is 37.3 Å². The lowest BCUT2D eigenvalue weighted by molar-refractivity contribution is 0.177. The third-order valence-electron chi connectivity index (χ3n) is 5.14. The van der Waals surface area contributed by atoms with Gasteiger partial charge in [0.2, 0.25) is 0 Å². The number of ether oxygens (including phenoxy) is 1. The van der Waals surface area contributed by atoms with Gasteiger partial charge in [-0.25, -0.2) is 0 Å². The number of benzene rings is 3. The molecule has 0 aromatic heterocycles. The molecule has 0 heterocycles. The Bertz CT molecular complexity index is 930. The number of phenolic OH excluding ortho intramolecular Hbond substituents is 2. The Kier molecular flexibility index (Phi) is 4.00. The minimum absolute atomic E-state index is 0.238. The fraction of sp³-hybridized carbons (Fsp3) is 0.273. The number of rotatable bonds is 3. The Morgan fingerprint density at radius 1 is 0.960 bits per heavy atom. The van der Waals surface area contributed by atoms with Crippen molar-refractivity contribution in [1.82, 2.24) is 0 Å². The van der Waals surface area contributed by atoms with Crippen molar-refractivity contribution in [3.63, 3.8) is 0 Å². The smallest absolute Gasteiger partial charge is 0.130 e. The summed E-state index contributed by atoms with van der Waals surface area (Å²) in [6.45, 7) is 2.10. The van der Waals surface area contributed by atoms with Crippen LogP contribution in [-0.2, 0) is 12.8 Å². The predicted octanol–water partition coefficient (Wildman–Crippen LogP) is 5.27. The summed E-state index contributed by atoms with van der Waals surface area (Å²) in [5, 5.41) is 23.0. The Labute approximate surface area is 147 Å². The second-order valence-electron chi connectivity index (χ2n) is 6.60. The maximum absolute atomic E-state index is 10.9. The average Bonchev–Trinajstić information content (AvgIpc) is 2.66. The van der Waals surface area contributed by atoms with Crippen molar-refractivity contribution in [2.45, 2.75) is 38.7 Å². The predicted molar refractivity (Wildman–Crippen MR) is 99.4 cm³/mol. The molecule has 0 saturated heterocycles. The van der Waals surface area contributed by atoms with E-state index in [1.165, 1.54) is 0 Å². The van der Waals surface area contributed by atoms with E-state index in [9.17, 15) is 10.2 Å². The van der Waals surface area contributed by atoms with E-state index in [0.717, 1.165) is 48.1 Å². The molecular weight excluding hydrogens is 312 g/mol. The highest BCUT2D eigenvalue weighted by Gasteiger charge is 2.30. The number of hydrogen-bond donors (Lipinski definition) is 2. The molecule has 0 aliphatic heterocycles. The van der Waals surface area contributed by atoms with Gasteiger partial charge in [0.1, 0.15) is 23.4 Å². The van der Waals surface area contributed by atoms with Gasteiger partial charge in [-0.15, -0.1) is 0 Å². The molecule has 0 amide bonds. The van der Waals surface area contributed by atoms with Crippen LogP contribution in [-0.4, -0.2) is 10.2 Å². The van der Waals surface area contributed by atoms with Crippen molar-refractivity contribution in [2.75, 3.05) is 0 Å². The molecule has 0 spiro atoms. The molecule has 2 N–H and O–H groups in total. The third kappa shape index (κ3) is 2.60. The molecule has 0 fully saturated rings. The zero-order chi connectivity index (χ0) is 17.4. The van der Waals surface area contributed by atoms with Gasteiger partial charge < -0.3 is 14.9 Å². The number of para-hydroxylation sites is 1. The summed E-state index contributed by atoms with van der Waals surface area (Å²) in [7, 11) is 0. The minimum atomic E-state index is -0.244. The second-order valence-corrected chi connectivity index (χ2v) is 6.60. The van der Waals surface area contributed by atoms with E-state index in [-0.39, 0.29) is 17.6 Å². The second kappa shape index (κ2) is 6.32. The lowest BCUT2D eigenvalue weighted by Gasteiger charge is -2.29. The summed E-state index contributed by atoms with van der Waals surface area (Å²) in [4.78, 5) is 0. The van der Waals surface area contributed by atoms with E-state index in [4.69, 9.17) is 4.74 Å². The first-order chi connectivity index (χ1) is 12.2. The van der Waals surface area contributed by atoms with Crippen LogP contribution in [0.1, 0.15) is 42.6 Å². The van der Waals surface area contributed by atoms with Crippen LogP contribution in [0.2, 0.25) is 0 Å². The molecule has 1 unspecified atom stereocenters. The summed E-state index contributed by atoms with van der Waals surface area (Å²) in [6.07, 6.45) is 3.17. The maximum atomic E-state index is 10.9. The normalized spacial score (nSPS) is 16.6. The first-order valence-corrected chi connectivity index (χ1v) is 8.90. The van der Waals surface area contributed by atoms with E-state index >= 15 is 0 Å². The van der Waals surface area contributed by atoms with Gasteiger partial charge in [0.15, 0.2) is 0 Å². The molecule has 0 saturated carbocycles. The summed E-state index contributed by atoms with van der Waals surface area (Å²) in [5.41, 5.74) is 2.72. The highest BCUT2D eigenvalue weighted by molar-refractivity contribution is 5.95. The quantitative estimate of drug-likeness (QED) is 0.642. The van der Waals surface area contributed by atoms with Gasteiger partial charge in [-0.1, -0.05) is 49.4 Å². The van der Waals surface area contributed by atoms with Crippen LogP contribution >= 0.6 is 0 Å². The summed E-state index contributed by atoms with van der Waals surface area (Å²) >= 11 is 0. The Morgan fingerprint density at radius 2 is 1.64 bits per heavy atom. The molecule has 3 aromatic rings. The van der Waals surface area contributed by atoms with Crippen molar-refractivity contribution in [3.8, 4) is 17.2 Å². The largest absolute Gasteiger partial charge is 0.507 e. The van der Waals surface area contributed by atoms with Crippen LogP contribution < -0.4 is 4.74 Å². The Morgan fingerprint density at radius 3 is 2.40 bits per heavy atom.